The Kier molecular flexibility index (Phi) is 14.4. The van der Waals surface area contributed by atoms with Gasteiger partial charge in [-0.05, 0) is 100 Å². The number of anilines is 2. The largest absolute Gasteiger partial charge is 0.490 e. The molecule has 0 fully saturated rings. The van der Waals surface area contributed by atoms with Gasteiger partial charge in [0.15, 0.2) is 0 Å². The second-order valence-corrected chi connectivity index (χ2v) is 13.9. The van der Waals surface area contributed by atoms with Gasteiger partial charge in [0.25, 0.3) is 5.91 Å². The second-order valence-electron chi connectivity index (χ2n) is 13.1. The number of nitrogens with one attached hydrogen (secondary N) is 2. The van der Waals surface area contributed by atoms with E-state index in [2.05, 4.69) is 15.5 Å². The number of alkyl halides is 3. The Morgan fingerprint density at radius 3 is 2.37 bits per heavy atom. The Morgan fingerprint density at radius 2 is 1.71 bits per heavy atom. The summed E-state index contributed by atoms with van der Waals surface area (Å²) >= 11 is 12.4. The minimum atomic E-state index is -4.50. The summed E-state index contributed by atoms with van der Waals surface area (Å²) in [7, 11) is 1.99. The van der Waals surface area contributed by atoms with E-state index in [9.17, 15) is 27.9 Å². The summed E-state index contributed by atoms with van der Waals surface area (Å²) in [6.45, 7) is 7.35. The minimum absolute atomic E-state index is 0.152. The van der Waals surface area contributed by atoms with E-state index >= 15 is 0 Å². The molecule has 3 aromatic carbocycles. The molecule has 1 aliphatic rings. The quantitative estimate of drug-likeness (QED) is 0.213. The first kappa shape index (κ1) is 40.2. The van der Waals surface area contributed by atoms with Gasteiger partial charge >= 0.3 is 12.2 Å². The molecule has 14 heteroatoms. The van der Waals surface area contributed by atoms with E-state index in [1.54, 1.807) is 30.0 Å². The van der Waals surface area contributed by atoms with Crippen molar-refractivity contribution < 1.29 is 37.3 Å². The highest BCUT2D eigenvalue weighted by atomic mass is 35.5. The van der Waals surface area contributed by atoms with Crippen molar-refractivity contribution in [2.75, 3.05) is 44.0 Å². The van der Waals surface area contributed by atoms with Gasteiger partial charge in [-0.2, -0.15) is 13.2 Å². The van der Waals surface area contributed by atoms with Crippen LogP contribution in [-0.4, -0.2) is 78.4 Å². The first-order chi connectivity index (χ1) is 24.1. The van der Waals surface area contributed by atoms with Gasteiger partial charge < -0.3 is 30.1 Å². The smallest absolute Gasteiger partial charge is 0.416 e. The number of amides is 3. The lowest BCUT2D eigenvalue weighted by Crippen LogP contribution is -2.47. The molecule has 4 atom stereocenters. The van der Waals surface area contributed by atoms with Gasteiger partial charge in [0, 0.05) is 43.5 Å². The predicted molar refractivity (Wildman–Crippen MR) is 194 cm³/mol. The Hall–Kier alpha value is -3.55. The molecule has 3 N–H and O–H groups in total. The zero-order valence-electron chi connectivity index (χ0n) is 29.1. The Labute approximate surface area is 307 Å². The van der Waals surface area contributed by atoms with Crippen LogP contribution in [0.3, 0.4) is 0 Å². The number of carbonyl (C=O) groups excluding carboxylic acids is 2. The number of nitrogens with zero attached hydrogens (tertiary/aromatic N) is 2. The average molecular weight is 754 g/mol. The third kappa shape index (κ3) is 11.7. The van der Waals surface area contributed by atoms with Crippen molar-refractivity contribution in [2.45, 2.75) is 71.0 Å². The molecule has 0 aromatic heterocycles. The zero-order valence-corrected chi connectivity index (χ0v) is 30.6. The summed E-state index contributed by atoms with van der Waals surface area (Å²) in [5.74, 6) is -0.228. The van der Waals surface area contributed by atoms with E-state index in [0.29, 0.717) is 41.9 Å². The van der Waals surface area contributed by atoms with Crippen molar-refractivity contribution in [3.63, 3.8) is 0 Å². The van der Waals surface area contributed by atoms with Gasteiger partial charge in [-0.1, -0.05) is 36.2 Å². The van der Waals surface area contributed by atoms with Crippen LogP contribution < -0.4 is 15.4 Å². The monoisotopic (exact) mass is 752 g/mol. The summed E-state index contributed by atoms with van der Waals surface area (Å²) in [5.41, 5.74) is 0.765. The molecule has 3 aromatic rings. The normalized spacial score (nSPS) is 19.9. The number of hydrogen-bond donors (Lipinski definition) is 3. The number of rotatable bonds is 8. The second kappa shape index (κ2) is 18.3. The van der Waals surface area contributed by atoms with Gasteiger partial charge in [-0.3, -0.25) is 9.69 Å². The lowest BCUT2D eigenvalue weighted by Gasteiger charge is -2.36. The van der Waals surface area contributed by atoms with Crippen LogP contribution in [0.2, 0.25) is 10.0 Å². The molecule has 3 amide bonds. The maximum atomic E-state index is 14.4. The summed E-state index contributed by atoms with van der Waals surface area (Å²) in [6, 6.07) is 13.0. The molecule has 1 heterocycles. The van der Waals surface area contributed by atoms with Crippen LogP contribution in [0.1, 0.15) is 61.5 Å². The van der Waals surface area contributed by atoms with Gasteiger partial charge in [0.05, 0.1) is 46.0 Å². The van der Waals surface area contributed by atoms with E-state index in [1.165, 1.54) is 6.07 Å². The summed E-state index contributed by atoms with van der Waals surface area (Å²) in [5, 5.41) is 16.4. The first-order valence-corrected chi connectivity index (χ1v) is 17.6. The molecule has 0 spiro atoms. The SMILES string of the molecule is C[C@H]1CCCCO[C@H](CN(C)Cc2ccc(Cl)c(Cl)c2)[C@@H](C)CN([C@@H](C)CO)C(=O)c2cc(NC(=O)Nc3ccc(C(F)(F)F)cc3)ccc2O1. The van der Waals surface area contributed by atoms with Crippen LogP contribution in [0, 0.1) is 5.92 Å². The molecule has 9 nitrogen and oxygen atoms in total. The molecule has 0 saturated carbocycles. The van der Waals surface area contributed by atoms with Crippen molar-refractivity contribution in [1.29, 1.82) is 0 Å². The number of fused-ring (bicyclic) bond motifs is 1. The lowest BCUT2D eigenvalue weighted by molar-refractivity contribution is -0.137. The lowest BCUT2D eigenvalue weighted by atomic mass is 10.0. The highest BCUT2D eigenvalue weighted by molar-refractivity contribution is 6.42. The summed E-state index contributed by atoms with van der Waals surface area (Å²) < 4.78 is 51.6. The maximum Gasteiger partial charge on any atom is 0.416 e. The van der Waals surface area contributed by atoms with Crippen LogP contribution in [0.5, 0.6) is 5.75 Å². The molecule has 0 aliphatic carbocycles. The Morgan fingerprint density at radius 1 is 1.02 bits per heavy atom. The number of likely N-dealkylation sites (N-methyl/N-ethyl adjacent to an activating group) is 1. The van der Waals surface area contributed by atoms with Crippen molar-refractivity contribution in [3.05, 3.63) is 87.4 Å². The highest BCUT2D eigenvalue weighted by Crippen LogP contribution is 2.31. The first-order valence-electron chi connectivity index (χ1n) is 16.9. The fraction of sp³-hybridized carbons (Fsp3) is 0.459. The topological polar surface area (TPSA) is 103 Å². The number of aliphatic hydroxyl groups excluding tert-OH is 1. The van der Waals surface area contributed by atoms with E-state index in [-0.39, 0.29) is 48.2 Å². The third-order valence-corrected chi connectivity index (χ3v) is 9.45. The fourth-order valence-corrected chi connectivity index (χ4v) is 6.14. The van der Waals surface area contributed by atoms with Gasteiger partial charge in [0.1, 0.15) is 5.75 Å². The number of halogens is 5. The molecule has 0 radical (unpaired) electrons. The molecular weight excluding hydrogens is 708 g/mol. The summed E-state index contributed by atoms with van der Waals surface area (Å²) in [6.07, 6.45) is -2.64. The predicted octanol–water partition coefficient (Wildman–Crippen LogP) is 8.58. The molecule has 278 valence electrons. The van der Waals surface area contributed by atoms with Gasteiger partial charge in [-0.25, -0.2) is 4.79 Å². The van der Waals surface area contributed by atoms with E-state index in [0.717, 1.165) is 42.7 Å². The number of ether oxygens (including phenoxy) is 2. The molecular formula is C37H45Cl2F3N4O5. The minimum Gasteiger partial charge on any atom is -0.490 e. The van der Waals surface area contributed by atoms with Crippen molar-refractivity contribution in [2.24, 2.45) is 5.92 Å². The molecule has 0 bridgehead atoms. The third-order valence-electron chi connectivity index (χ3n) is 8.71. The van der Waals surface area contributed by atoms with E-state index in [4.69, 9.17) is 32.7 Å². The van der Waals surface area contributed by atoms with Crippen LogP contribution in [0.15, 0.2) is 60.7 Å². The Balaban J connectivity index is 1.57. The van der Waals surface area contributed by atoms with Crippen LogP contribution in [-0.2, 0) is 17.5 Å². The number of urea groups is 1. The summed E-state index contributed by atoms with van der Waals surface area (Å²) in [4.78, 5) is 30.9. The van der Waals surface area contributed by atoms with Crippen molar-refractivity contribution in [3.8, 4) is 5.75 Å². The highest BCUT2D eigenvalue weighted by Gasteiger charge is 2.31. The molecule has 0 unspecified atom stereocenters. The average Bonchev–Trinajstić information content (AvgIpc) is 3.07. The van der Waals surface area contributed by atoms with Crippen molar-refractivity contribution in [1.82, 2.24) is 9.80 Å². The number of aliphatic hydroxyl groups is 1. The van der Waals surface area contributed by atoms with E-state index in [1.807, 2.05) is 33.0 Å². The van der Waals surface area contributed by atoms with E-state index < -0.39 is 29.7 Å². The molecule has 1 aliphatic heterocycles. The fourth-order valence-electron chi connectivity index (χ4n) is 5.82. The molecule has 4 rings (SSSR count). The van der Waals surface area contributed by atoms with Gasteiger partial charge in [-0.15, -0.1) is 0 Å². The van der Waals surface area contributed by atoms with Crippen molar-refractivity contribution >= 4 is 46.5 Å². The van der Waals surface area contributed by atoms with Gasteiger partial charge in [0.2, 0.25) is 0 Å². The molecule has 51 heavy (non-hydrogen) atoms. The zero-order chi connectivity index (χ0) is 37.3. The van der Waals surface area contributed by atoms with Crippen LogP contribution in [0.4, 0.5) is 29.3 Å². The maximum absolute atomic E-state index is 14.4. The number of carbonyl (C=O) groups is 2. The number of hydrogen-bond acceptors (Lipinski definition) is 6. The standard InChI is InChI=1S/C37H45Cl2F3N4O5/c1-23-19-46(24(2)22-47)35(48)30-18-29(44-36(49)43-28-11-9-27(10-12-28)37(40,41)42)13-15-33(30)51-25(3)7-5-6-16-50-34(23)21-45(4)20-26-8-14-31(38)32(39)17-26/h8-15,17-18,23-25,34,47H,5-7,16,19-22H2,1-4H3,(H2,43,44,49)/t23-,24-,25-,34+/m0/s1. The van der Waals surface area contributed by atoms with Crippen LogP contribution in [0.25, 0.3) is 0 Å². The number of benzene rings is 3. The Bertz CT molecular complexity index is 1630. The molecule has 0 saturated heterocycles. The van der Waals surface area contributed by atoms with Crippen LogP contribution >= 0.6 is 23.2 Å².